The van der Waals surface area contributed by atoms with E-state index in [4.69, 9.17) is 0 Å². The maximum Gasteiger partial charge on any atom is 0.573 e. The third kappa shape index (κ3) is 10.2. The summed E-state index contributed by atoms with van der Waals surface area (Å²) >= 11 is 0. The Labute approximate surface area is 242 Å². The summed E-state index contributed by atoms with van der Waals surface area (Å²) in [5, 5.41) is 12.6. The number of carbonyl (C=O) groups excluding carboxylic acids is 2. The lowest BCUT2D eigenvalue weighted by molar-refractivity contribution is -0.274. The first-order valence-corrected chi connectivity index (χ1v) is 13.5. The highest BCUT2D eigenvalue weighted by atomic mass is 19.4. The predicted octanol–water partition coefficient (Wildman–Crippen LogP) is 3.07. The molecule has 16 heteroatoms. The van der Waals surface area contributed by atoms with E-state index in [2.05, 4.69) is 25.7 Å². The van der Waals surface area contributed by atoms with Crippen LogP contribution in [-0.4, -0.2) is 74.6 Å². The molecule has 3 aromatic rings. The number of ether oxygens (including phenoxy) is 1. The quantitative estimate of drug-likeness (QED) is 0.302. The van der Waals surface area contributed by atoms with Gasteiger partial charge in [0, 0.05) is 37.6 Å². The molecule has 1 fully saturated rings. The van der Waals surface area contributed by atoms with E-state index in [1.54, 1.807) is 4.90 Å². The smallest absolute Gasteiger partial charge is 0.406 e. The number of nitrogens with one attached hydrogen (secondary N) is 2. The number of nitrogens with zero attached hydrogens (tertiary/aromatic N) is 5. The molecule has 11 nitrogen and oxygen atoms in total. The van der Waals surface area contributed by atoms with Crippen LogP contribution in [0.5, 0.6) is 5.75 Å². The molecule has 1 saturated heterocycles. The Balaban J connectivity index is 1.21. The summed E-state index contributed by atoms with van der Waals surface area (Å²) in [7, 11) is 0. The summed E-state index contributed by atoms with van der Waals surface area (Å²) in [5.41, 5.74) is 0.0302. The Hall–Kier alpha value is -4.34. The van der Waals surface area contributed by atoms with Crippen molar-refractivity contribution in [1.29, 1.82) is 0 Å². The fourth-order valence-electron chi connectivity index (χ4n) is 4.50. The number of benzene rings is 1. The SMILES string of the molecule is O=C(CN1CCCC(F)C1)Nc1ccn(CC(F)CCn2cc(C(=O)NCc3cccc(OC(F)(F)F)c3)nn2)c(=O)c1. The number of aryl methyl sites for hydroxylation is 1. The fourth-order valence-corrected chi connectivity index (χ4v) is 4.50. The van der Waals surface area contributed by atoms with Crippen LogP contribution in [0.4, 0.5) is 27.6 Å². The maximum atomic E-state index is 14.7. The molecule has 0 bridgehead atoms. The number of anilines is 1. The number of halogens is 5. The van der Waals surface area contributed by atoms with Gasteiger partial charge in [-0.15, -0.1) is 18.3 Å². The minimum atomic E-state index is -4.84. The molecule has 43 heavy (non-hydrogen) atoms. The molecule has 2 N–H and O–H groups in total. The molecule has 232 valence electrons. The minimum Gasteiger partial charge on any atom is -0.406 e. The van der Waals surface area contributed by atoms with Gasteiger partial charge in [0.2, 0.25) is 5.91 Å². The highest BCUT2D eigenvalue weighted by molar-refractivity contribution is 5.92. The van der Waals surface area contributed by atoms with Crippen LogP contribution in [0.3, 0.4) is 0 Å². The van der Waals surface area contributed by atoms with Gasteiger partial charge < -0.3 is 19.9 Å². The molecular formula is C27H30F5N7O4. The van der Waals surface area contributed by atoms with Crippen molar-refractivity contribution in [2.75, 3.05) is 25.0 Å². The molecule has 2 unspecified atom stereocenters. The van der Waals surface area contributed by atoms with Crippen molar-refractivity contribution in [3.63, 3.8) is 0 Å². The normalized spacial score (nSPS) is 16.4. The standard InChI is InChI=1S/C27H30F5N7O4/c28-19-4-2-8-37(14-19)17-24(40)34-21-7-9-38(25(41)12-21)15-20(29)6-10-39-16-23(35-36-39)26(42)33-13-18-3-1-5-22(11-18)43-27(30,31)32/h1,3,5,7,9,11-12,16,19-20H,2,4,6,8,10,13-15,17H2,(H,33,42)(H,34,40). The van der Waals surface area contributed by atoms with Crippen LogP contribution in [0, 0.1) is 0 Å². The van der Waals surface area contributed by atoms with Gasteiger partial charge in [-0.25, -0.2) is 8.78 Å². The Morgan fingerprint density at radius 2 is 2.00 bits per heavy atom. The molecule has 2 atom stereocenters. The van der Waals surface area contributed by atoms with E-state index in [9.17, 15) is 36.3 Å². The number of aromatic nitrogens is 4. The van der Waals surface area contributed by atoms with Crippen molar-refractivity contribution < 1.29 is 36.3 Å². The van der Waals surface area contributed by atoms with Gasteiger partial charge >= 0.3 is 6.36 Å². The van der Waals surface area contributed by atoms with Gasteiger partial charge in [0.05, 0.1) is 19.3 Å². The molecule has 1 aliphatic heterocycles. The Bertz CT molecular complexity index is 1460. The van der Waals surface area contributed by atoms with Crippen molar-refractivity contribution in [2.24, 2.45) is 0 Å². The Morgan fingerprint density at radius 3 is 2.74 bits per heavy atom. The zero-order valence-corrected chi connectivity index (χ0v) is 22.9. The Kier molecular flexibility index (Phi) is 10.4. The molecule has 2 amide bonds. The number of likely N-dealkylation sites (tertiary alicyclic amines) is 1. The average Bonchev–Trinajstić information content (AvgIpc) is 3.41. The van der Waals surface area contributed by atoms with E-state index in [-0.39, 0.29) is 56.4 Å². The van der Waals surface area contributed by atoms with E-state index in [1.807, 2.05) is 0 Å². The number of amides is 2. The summed E-state index contributed by atoms with van der Waals surface area (Å²) < 4.78 is 71.7. The molecule has 0 radical (unpaired) electrons. The lowest BCUT2D eigenvalue weighted by Crippen LogP contribution is -2.41. The number of rotatable bonds is 12. The van der Waals surface area contributed by atoms with E-state index in [0.29, 0.717) is 24.9 Å². The zero-order valence-electron chi connectivity index (χ0n) is 22.9. The lowest BCUT2D eigenvalue weighted by Gasteiger charge is -2.28. The zero-order chi connectivity index (χ0) is 31.0. The molecule has 1 aliphatic rings. The highest BCUT2D eigenvalue weighted by Crippen LogP contribution is 2.23. The second-order valence-corrected chi connectivity index (χ2v) is 10.1. The van der Waals surface area contributed by atoms with Gasteiger partial charge in [-0.05, 0) is 49.6 Å². The minimum absolute atomic E-state index is 0.0103. The average molecular weight is 612 g/mol. The molecule has 0 saturated carbocycles. The predicted molar refractivity (Wildman–Crippen MR) is 144 cm³/mol. The van der Waals surface area contributed by atoms with Gasteiger partial charge in [0.15, 0.2) is 5.69 Å². The van der Waals surface area contributed by atoms with Crippen molar-refractivity contribution in [2.45, 2.75) is 57.6 Å². The lowest BCUT2D eigenvalue weighted by atomic mass is 10.1. The number of piperidine rings is 1. The van der Waals surface area contributed by atoms with Gasteiger partial charge in [0.25, 0.3) is 11.5 Å². The summed E-state index contributed by atoms with van der Waals surface area (Å²) in [6.07, 6.45) is -3.47. The molecule has 1 aromatic carbocycles. The summed E-state index contributed by atoms with van der Waals surface area (Å²) in [6.45, 7) is 0.533. The maximum absolute atomic E-state index is 14.7. The van der Waals surface area contributed by atoms with Crippen molar-refractivity contribution in [3.8, 4) is 5.75 Å². The van der Waals surface area contributed by atoms with Gasteiger partial charge in [-0.2, -0.15) is 0 Å². The van der Waals surface area contributed by atoms with E-state index in [0.717, 1.165) is 16.7 Å². The van der Waals surface area contributed by atoms with Gasteiger partial charge in [0.1, 0.15) is 18.1 Å². The molecular weight excluding hydrogens is 581 g/mol. The van der Waals surface area contributed by atoms with Crippen LogP contribution in [-0.2, 0) is 24.4 Å². The van der Waals surface area contributed by atoms with Crippen LogP contribution in [0.2, 0.25) is 0 Å². The second kappa shape index (κ2) is 14.2. The first-order chi connectivity index (χ1) is 20.4. The topological polar surface area (TPSA) is 123 Å². The van der Waals surface area contributed by atoms with E-state index < -0.39 is 35.9 Å². The van der Waals surface area contributed by atoms with Crippen molar-refractivity contribution in [1.82, 2.24) is 29.8 Å². The van der Waals surface area contributed by atoms with Crippen LogP contribution < -0.4 is 20.9 Å². The first-order valence-electron chi connectivity index (χ1n) is 13.5. The molecule has 0 aliphatic carbocycles. The van der Waals surface area contributed by atoms with Gasteiger partial charge in [-0.1, -0.05) is 17.3 Å². The number of carbonyl (C=O) groups is 2. The van der Waals surface area contributed by atoms with E-state index >= 15 is 0 Å². The van der Waals surface area contributed by atoms with Crippen LogP contribution in [0.1, 0.15) is 35.3 Å². The van der Waals surface area contributed by atoms with Crippen molar-refractivity contribution >= 4 is 17.5 Å². The number of alkyl halides is 5. The summed E-state index contributed by atoms with van der Waals surface area (Å²) in [6, 6.07) is 7.79. The monoisotopic (exact) mass is 611 g/mol. The third-order valence-corrected chi connectivity index (χ3v) is 6.52. The molecule has 0 spiro atoms. The molecule has 3 heterocycles. The number of pyridine rings is 1. The Morgan fingerprint density at radius 1 is 1.19 bits per heavy atom. The fraction of sp³-hybridized carbons (Fsp3) is 0.444. The highest BCUT2D eigenvalue weighted by Gasteiger charge is 2.31. The van der Waals surface area contributed by atoms with Crippen LogP contribution in [0.15, 0.2) is 53.6 Å². The summed E-state index contributed by atoms with van der Waals surface area (Å²) in [5.74, 6) is -1.43. The third-order valence-electron chi connectivity index (χ3n) is 6.52. The van der Waals surface area contributed by atoms with Crippen LogP contribution in [0.25, 0.3) is 0 Å². The second-order valence-electron chi connectivity index (χ2n) is 10.1. The number of hydrogen-bond donors (Lipinski definition) is 2. The number of hydrogen-bond acceptors (Lipinski definition) is 7. The molecule has 4 rings (SSSR count). The van der Waals surface area contributed by atoms with Crippen LogP contribution >= 0.6 is 0 Å². The summed E-state index contributed by atoms with van der Waals surface area (Å²) in [4.78, 5) is 38.8. The molecule has 2 aromatic heterocycles. The largest absolute Gasteiger partial charge is 0.573 e. The van der Waals surface area contributed by atoms with Gasteiger partial charge in [-0.3, -0.25) is 24.0 Å². The van der Waals surface area contributed by atoms with Crippen molar-refractivity contribution in [3.05, 3.63) is 70.4 Å². The first kappa shape index (κ1) is 31.6. The van der Waals surface area contributed by atoms with E-state index in [1.165, 1.54) is 41.3 Å².